The minimum Gasteiger partial charge on any atom is -0.374 e. The van der Waals surface area contributed by atoms with E-state index in [1.807, 2.05) is 6.92 Å². The van der Waals surface area contributed by atoms with Crippen LogP contribution in [-0.2, 0) is 21.3 Å². The average Bonchev–Trinajstić information content (AvgIpc) is 2.96. The smallest absolute Gasteiger partial charge is 0.250 e. The van der Waals surface area contributed by atoms with Gasteiger partial charge in [-0.25, -0.2) is 13.1 Å². The summed E-state index contributed by atoms with van der Waals surface area (Å²) in [4.78, 5) is 0. The number of ether oxygens (including phenoxy) is 1. The van der Waals surface area contributed by atoms with Crippen LogP contribution in [-0.4, -0.2) is 27.2 Å². The molecule has 1 aromatic heterocycles. The Morgan fingerprint density at radius 1 is 1.61 bits per heavy atom. The minimum absolute atomic E-state index is 0.310. The van der Waals surface area contributed by atoms with Crippen LogP contribution in [0.1, 0.15) is 25.3 Å². The van der Waals surface area contributed by atoms with E-state index in [2.05, 4.69) is 4.72 Å². The molecule has 18 heavy (non-hydrogen) atoms. The Morgan fingerprint density at radius 3 is 2.94 bits per heavy atom. The van der Waals surface area contributed by atoms with Crippen LogP contribution in [0.15, 0.2) is 15.7 Å². The third-order valence-corrected chi connectivity index (χ3v) is 5.96. The molecule has 5 nitrogen and oxygen atoms in total. The standard InChI is InChI=1S/C11H18N2O3S2/c1-11(3-2-4-16-11)8-13-18(14,15)10-5-9(6-12)7-17-10/h5,7,13H,2-4,6,8,12H2,1H3. The van der Waals surface area contributed by atoms with Gasteiger partial charge in [-0.1, -0.05) is 0 Å². The fourth-order valence-electron chi connectivity index (χ4n) is 1.90. The van der Waals surface area contributed by atoms with Crippen molar-refractivity contribution >= 4 is 21.4 Å². The Hall–Kier alpha value is -0.470. The van der Waals surface area contributed by atoms with E-state index in [9.17, 15) is 8.42 Å². The molecule has 1 aliphatic heterocycles. The molecule has 1 saturated heterocycles. The first kappa shape index (κ1) is 14.0. The molecule has 0 bridgehead atoms. The van der Waals surface area contributed by atoms with Crippen molar-refractivity contribution < 1.29 is 13.2 Å². The van der Waals surface area contributed by atoms with E-state index in [1.165, 1.54) is 11.3 Å². The maximum Gasteiger partial charge on any atom is 0.250 e. The van der Waals surface area contributed by atoms with Gasteiger partial charge in [-0.05, 0) is 36.8 Å². The number of thiophene rings is 1. The number of nitrogens with two attached hydrogens (primary N) is 1. The maximum absolute atomic E-state index is 12.1. The Bertz CT molecular complexity index is 504. The van der Waals surface area contributed by atoms with E-state index in [4.69, 9.17) is 10.5 Å². The molecule has 1 atom stereocenters. The molecule has 3 N–H and O–H groups in total. The second-order valence-electron chi connectivity index (χ2n) is 4.70. The minimum atomic E-state index is -3.44. The summed E-state index contributed by atoms with van der Waals surface area (Å²) in [5, 5.41) is 1.77. The Balaban J connectivity index is 2.03. The molecule has 0 amide bonds. The molecular formula is C11H18N2O3S2. The highest BCUT2D eigenvalue weighted by Crippen LogP contribution is 2.25. The van der Waals surface area contributed by atoms with Crippen molar-refractivity contribution in [3.05, 3.63) is 17.0 Å². The van der Waals surface area contributed by atoms with E-state index in [1.54, 1.807) is 11.4 Å². The normalized spacial score (nSPS) is 24.6. The molecule has 2 heterocycles. The number of rotatable bonds is 5. The van der Waals surface area contributed by atoms with E-state index in [0.29, 0.717) is 23.9 Å². The summed E-state index contributed by atoms with van der Waals surface area (Å²) in [7, 11) is -3.44. The Kier molecular flexibility index (Phi) is 4.08. The molecule has 1 aliphatic rings. The topological polar surface area (TPSA) is 81.4 Å². The van der Waals surface area contributed by atoms with Crippen LogP contribution in [0.4, 0.5) is 0 Å². The molecule has 0 radical (unpaired) electrons. The van der Waals surface area contributed by atoms with Crippen LogP contribution in [0.25, 0.3) is 0 Å². The van der Waals surface area contributed by atoms with Gasteiger partial charge in [-0.15, -0.1) is 11.3 Å². The lowest BCUT2D eigenvalue weighted by Crippen LogP contribution is -2.39. The zero-order valence-corrected chi connectivity index (χ0v) is 11.9. The lowest BCUT2D eigenvalue weighted by Gasteiger charge is -2.22. The quantitative estimate of drug-likeness (QED) is 0.849. The van der Waals surface area contributed by atoms with Crippen molar-refractivity contribution in [3.63, 3.8) is 0 Å². The summed E-state index contributed by atoms with van der Waals surface area (Å²) < 4.78 is 32.6. The predicted octanol–water partition coefficient (Wildman–Crippen LogP) is 1.05. The third-order valence-electron chi connectivity index (χ3n) is 3.07. The number of nitrogens with one attached hydrogen (secondary N) is 1. The van der Waals surface area contributed by atoms with Crippen molar-refractivity contribution in [2.24, 2.45) is 5.73 Å². The number of hydrogen-bond donors (Lipinski definition) is 2. The second-order valence-corrected chi connectivity index (χ2v) is 7.61. The molecule has 1 aromatic rings. The predicted molar refractivity (Wildman–Crippen MR) is 71.0 cm³/mol. The summed E-state index contributed by atoms with van der Waals surface area (Å²) >= 11 is 1.19. The summed E-state index contributed by atoms with van der Waals surface area (Å²) in [6.07, 6.45) is 1.86. The van der Waals surface area contributed by atoms with Crippen LogP contribution in [0.3, 0.4) is 0 Å². The molecule has 102 valence electrons. The molecule has 1 unspecified atom stereocenters. The molecule has 7 heteroatoms. The van der Waals surface area contributed by atoms with Gasteiger partial charge in [0.2, 0.25) is 10.0 Å². The van der Waals surface area contributed by atoms with Crippen LogP contribution in [0.2, 0.25) is 0 Å². The Morgan fingerprint density at radius 2 is 2.39 bits per heavy atom. The molecule has 0 aliphatic carbocycles. The number of hydrogen-bond acceptors (Lipinski definition) is 5. The van der Waals surface area contributed by atoms with Crippen molar-refractivity contribution in [2.75, 3.05) is 13.2 Å². The molecule has 2 rings (SSSR count). The van der Waals surface area contributed by atoms with Gasteiger partial charge in [0.25, 0.3) is 0 Å². The van der Waals surface area contributed by atoms with Gasteiger partial charge in [0.15, 0.2) is 0 Å². The largest absolute Gasteiger partial charge is 0.374 e. The van der Waals surface area contributed by atoms with Crippen LogP contribution >= 0.6 is 11.3 Å². The molecule has 0 aromatic carbocycles. The van der Waals surface area contributed by atoms with Crippen molar-refractivity contribution in [2.45, 2.75) is 36.1 Å². The second kappa shape index (κ2) is 5.26. The fourth-order valence-corrected chi connectivity index (χ4v) is 4.32. The van der Waals surface area contributed by atoms with E-state index >= 15 is 0 Å². The summed E-state index contributed by atoms with van der Waals surface area (Å²) in [6.45, 7) is 3.30. The van der Waals surface area contributed by atoms with Crippen molar-refractivity contribution in [1.29, 1.82) is 0 Å². The first-order chi connectivity index (χ1) is 8.45. The SMILES string of the molecule is CC1(CNS(=O)(=O)c2cc(CN)cs2)CCCO1. The van der Waals surface area contributed by atoms with Gasteiger partial charge in [0, 0.05) is 19.7 Å². The van der Waals surface area contributed by atoms with E-state index in [-0.39, 0.29) is 5.60 Å². The van der Waals surface area contributed by atoms with Gasteiger partial charge < -0.3 is 10.5 Å². The van der Waals surface area contributed by atoms with E-state index in [0.717, 1.165) is 18.4 Å². The third kappa shape index (κ3) is 3.10. The Labute approximate surface area is 111 Å². The van der Waals surface area contributed by atoms with Gasteiger partial charge in [-0.3, -0.25) is 0 Å². The highest BCUT2D eigenvalue weighted by molar-refractivity contribution is 7.91. The highest BCUT2D eigenvalue weighted by Gasteiger charge is 2.31. The average molecular weight is 290 g/mol. The highest BCUT2D eigenvalue weighted by atomic mass is 32.2. The molecule has 1 fully saturated rings. The van der Waals surface area contributed by atoms with Gasteiger partial charge >= 0.3 is 0 Å². The van der Waals surface area contributed by atoms with Gasteiger partial charge in [0.1, 0.15) is 4.21 Å². The maximum atomic E-state index is 12.1. The molecular weight excluding hydrogens is 272 g/mol. The van der Waals surface area contributed by atoms with Crippen LogP contribution in [0.5, 0.6) is 0 Å². The number of sulfonamides is 1. The van der Waals surface area contributed by atoms with Crippen LogP contribution in [0, 0.1) is 0 Å². The molecule has 0 spiro atoms. The van der Waals surface area contributed by atoms with Crippen molar-refractivity contribution in [1.82, 2.24) is 4.72 Å². The van der Waals surface area contributed by atoms with Crippen molar-refractivity contribution in [3.8, 4) is 0 Å². The van der Waals surface area contributed by atoms with Gasteiger partial charge in [0.05, 0.1) is 5.60 Å². The first-order valence-corrected chi connectivity index (χ1v) is 8.23. The van der Waals surface area contributed by atoms with Crippen LogP contribution < -0.4 is 10.5 Å². The first-order valence-electron chi connectivity index (χ1n) is 5.86. The zero-order valence-electron chi connectivity index (χ0n) is 10.3. The lowest BCUT2D eigenvalue weighted by atomic mass is 10.0. The van der Waals surface area contributed by atoms with Gasteiger partial charge in [-0.2, -0.15) is 0 Å². The lowest BCUT2D eigenvalue weighted by molar-refractivity contribution is 0.0250. The molecule has 0 saturated carbocycles. The monoisotopic (exact) mass is 290 g/mol. The summed E-state index contributed by atoms with van der Waals surface area (Å²) in [5.41, 5.74) is 5.94. The fraction of sp³-hybridized carbons (Fsp3) is 0.636. The summed E-state index contributed by atoms with van der Waals surface area (Å²) in [5.74, 6) is 0. The van der Waals surface area contributed by atoms with E-state index < -0.39 is 10.0 Å². The summed E-state index contributed by atoms with van der Waals surface area (Å²) in [6, 6.07) is 1.62. The zero-order chi connectivity index (χ0) is 13.2.